The van der Waals surface area contributed by atoms with Gasteiger partial charge in [0.15, 0.2) is 5.96 Å². The number of nitrogens with zero attached hydrogens (tertiary/aromatic N) is 3. The molecule has 39 heavy (non-hydrogen) atoms. The molecule has 0 aromatic heterocycles. The van der Waals surface area contributed by atoms with Gasteiger partial charge in [-0.1, -0.05) is 67.1 Å². The number of rotatable bonds is 12. The summed E-state index contributed by atoms with van der Waals surface area (Å²) in [7, 11) is 4.25. The number of aliphatic imine (C=N–C) groups is 1. The molecular weight excluding hydrogens is 482 g/mol. The van der Waals surface area contributed by atoms with E-state index in [1.54, 1.807) is 0 Å². The maximum absolute atomic E-state index is 14.1. The number of guanidine groups is 1. The van der Waals surface area contributed by atoms with Gasteiger partial charge in [0.05, 0.1) is 0 Å². The van der Waals surface area contributed by atoms with Gasteiger partial charge in [-0.2, -0.15) is 0 Å². The highest BCUT2D eigenvalue weighted by Gasteiger charge is 2.27. The van der Waals surface area contributed by atoms with Gasteiger partial charge in [0, 0.05) is 25.2 Å². The predicted molar refractivity (Wildman–Crippen MR) is 163 cm³/mol. The van der Waals surface area contributed by atoms with Gasteiger partial charge in [0.25, 0.3) is 5.91 Å². The van der Waals surface area contributed by atoms with Crippen LogP contribution >= 0.6 is 0 Å². The minimum Gasteiger partial charge on any atom is -0.370 e. The number of fused-ring (bicyclic) bond motifs is 1. The maximum Gasteiger partial charge on any atom is 0.254 e. The van der Waals surface area contributed by atoms with Crippen molar-refractivity contribution < 1.29 is 4.79 Å². The van der Waals surface area contributed by atoms with Gasteiger partial charge < -0.3 is 21.3 Å². The summed E-state index contributed by atoms with van der Waals surface area (Å²) in [5.74, 6) is 1.16. The molecule has 0 spiro atoms. The fourth-order valence-corrected chi connectivity index (χ4v) is 5.87. The summed E-state index contributed by atoms with van der Waals surface area (Å²) in [5.41, 5.74) is 14.5. The second kappa shape index (κ2) is 14.1. The molecule has 0 heterocycles. The van der Waals surface area contributed by atoms with E-state index in [-0.39, 0.29) is 11.9 Å². The third-order valence-corrected chi connectivity index (χ3v) is 7.93. The van der Waals surface area contributed by atoms with Crippen molar-refractivity contribution in [1.82, 2.24) is 9.80 Å². The highest BCUT2D eigenvalue weighted by molar-refractivity contribution is 6.07. The van der Waals surface area contributed by atoms with E-state index in [0.717, 1.165) is 61.5 Å². The van der Waals surface area contributed by atoms with Crippen molar-refractivity contribution >= 4 is 22.6 Å². The molecule has 0 radical (unpaired) electrons. The Morgan fingerprint density at radius 1 is 0.897 bits per heavy atom. The van der Waals surface area contributed by atoms with Crippen LogP contribution in [0.1, 0.15) is 60.0 Å². The molecule has 0 bridgehead atoms. The monoisotopic (exact) mass is 527 g/mol. The van der Waals surface area contributed by atoms with Gasteiger partial charge in [-0.3, -0.25) is 9.79 Å². The smallest absolute Gasteiger partial charge is 0.254 e. The molecule has 208 valence electrons. The van der Waals surface area contributed by atoms with Crippen LogP contribution in [0.2, 0.25) is 0 Å². The Kier molecular flexibility index (Phi) is 10.4. The Hall–Kier alpha value is -3.38. The lowest BCUT2D eigenvalue weighted by atomic mass is 9.81. The van der Waals surface area contributed by atoms with Crippen LogP contribution in [0.4, 0.5) is 0 Å². The first-order chi connectivity index (χ1) is 18.9. The van der Waals surface area contributed by atoms with Crippen LogP contribution < -0.4 is 11.5 Å². The molecule has 0 saturated heterocycles. The van der Waals surface area contributed by atoms with E-state index < -0.39 is 0 Å². The Morgan fingerprint density at radius 2 is 1.62 bits per heavy atom. The zero-order chi connectivity index (χ0) is 27.6. The summed E-state index contributed by atoms with van der Waals surface area (Å²) < 4.78 is 0. The van der Waals surface area contributed by atoms with Crippen LogP contribution in [0.3, 0.4) is 0 Å². The van der Waals surface area contributed by atoms with Crippen molar-refractivity contribution in [2.75, 3.05) is 33.7 Å². The third kappa shape index (κ3) is 8.56. The molecule has 0 aliphatic heterocycles. The Balaban J connectivity index is 1.50. The fraction of sp³-hybridized carbons (Fsp3) is 0.455. The minimum absolute atomic E-state index is 0.103. The van der Waals surface area contributed by atoms with E-state index in [2.05, 4.69) is 71.4 Å². The second-order valence-corrected chi connectivity index (χ2v) is 11.5. The summed E-state index contributed by atoms with van der Waals surface area (Å²) in [5, 5.41) is 2.11. The van der Waals surface area contributed by atoms with Gasteiger partial charge in [-0.15, -0.1) is 0 Å². The number of carbonyl (C=O) groups is 1. The standard InChI is InChI=1S/C33H45N5O/c1-37(2)20-6-5-9-25-16-18-26(19-17-25)23-38(24-28-11-7-10-27(21-28)22-36-33(34)35)32(39)31-15-8-13-29-12-3-4-14-30(29)31/h3-4,8,12-19,27-28H,5-7,9-11,20-24H2,1-2H3,(H4,34,35,36). The molecule has 6 nitrogen and oxygen atoms in total. The zero-order valence-corrected chi connectivity index (χ0v) is 23.7. The van der Waals surface area contributed by atoms with E-state index in [9.17, 15) is 4.79 Å². The van der Waals surface area contributed by atoms with Crippen LogP contribution in [-0.4, -0.2) is 55.4 Å². The molecule has 3 aromatic rings. The van der Waals surface area contributed by atoms with Crippen molar-refractivity contribution in [2.24, 2.45) is 28.3 Å². The summed E-state index contributed by atoms with van der Waals surface area (Å²) in [6.45, 7) is 3.15. The second-order valence-electron chi connectivity index (χ2n) is 11.5. The lowest BCUT2D eigenvalue weighted by Gasteiger charge is -2.33. The number of benzene rings is 3. The molecule has 1 aliphatic rings. The summed E-state index contributed by atoms with van der Waals surface area (Å²) in [6, 6.07) is 23.1. The molecular formula is C33H45N5O. The van der Waals surface area contributed by atoms with Crippen molar-refractivity contribution in [3.63, 3.8) is 0 Å². The van der Waals surface area contributed by atoms with Gasteiger partial charge in [0.2, 0.25) is 0 Å². The largest absolute Gasteiger partial charge is 0.370 e. The minimum atomic E-state index is 0.103. The number of aryl methyl sites for hydroxylation is 1. The van der Waals surface area contributed by atoms with Crippen LogP contribution in [0.25, 0.3) is 10.8 Å². The molecule has 2 atom stereocenters. The van der Waals surface area contributed by atoms with Gasteiger partial charge in [-0.05, 0) is 99.0 Å². The molecule has 4 N–H and O–H groups in total. The van der Waals surface area contributed by atoms with Crippen LogP contribution in [0.5, 0.6) is 0 Å². The van der Waals surface area contributed by atoms with Crippen molar-refractivity contribution in [1.29, 1.82) is 0 Å². The predicted octanol–water partition coefficient (Wildman–Crippen LogP) is 5.45. The molecule has 1 saturated carbocycles. The number of unbranched alkanes of at least 4 members (excludes halogenated alkanes) is 1. The summed E-state index contributed by atoms with van der Waals surface area (Å²) >= 11 is 0. The van der Waals surface area contributed by atoms with E-state index in [4.69, 9.17) is 11.5 Å². The Morgan fingerprint density at radius 3 is 2.38 bits per heavy atom. The molecule has 2 unspecified atom stereocenters. The lowest BCUT2D eigenvalue weighted by Crippen LogP contribution is -2.37. The van der Waals surface area contributed by atoms with E-state index >= 15 is 0 Å². The maximum atomic E-state index is 14.1. The Bertz CT molecular complexity index is 1230. The van der Waals surface area contributed by atoms with Crippen molar-refractivity contribution in [2.45, 2.75) is 51.5 Å². The van der Waals surface area contributed by atoms with Crippen LogP contribution in [0, 0.1) is 11.8 Å². The number of carbonyl (C=O) groups excluding carboxylic acids is 1. The first kappa shape index (κ1) is 28.6. The summed E-state index contributed by atoms with van der Waals surface area (Å²) in [6.07, 6.45) is 7.94. The molecule has 6 heteroatoms. The Labute approximate surface area is 234 Å². The quantitative estimate of drug-likeness (QED) is 0.186. The number of nitrogens with two attached hydrogens (primary N) is 2. The van der Waals surface area contributed by atoms with Crippen LogP contribution in [0.15, 0.2) is 71.7 Å². The van der Waals surface area contributed by atoms with E-state index in [1.165, 1.54) is 24.0 Å². The SMILES string of the molecule is CN(C)CCCCc1ccc(CN(CC2CCCC(CN=C(N)N)C2)C(=O)c2cccc3ccccc23)cc1. The fourth-order valence-electron chi connectivity index (χ4n) is 5.87. The number of hydrogen-bond donors (Lipinski definition) is 2. The third-order valence-electron chi connectivity index (χ3n) is 7.93. The topological polar surface area (TPSA) is 87.9 Å². The normalized spacial score (nSPS) is 17.3. The first-order valence-electron chi connectivity index (χ1n) is 14.4. The van der Waals surface area contributed by atoms with Gasteiger partial charge in [0.1, 0.15) is 0 Å². The van der Waals surface area contributed by atoms with Crippen LogP contribution in [-0.2, 0) is 13.0 Å². The van der Waals surface area contributed by atoms with Gasteiger partial charge >= 0.3 is 0 Å². The number of amides is 1. The molecule has 3 aromatic carbocycles. The average Bonchev–Trinajstić information content (AvgIpc) is 2.94. The molecule has 1 amide bonds. The molecule has 1 fully saturated rings. The number of hydrogen-bond acceptors (Lipinski definition) is 3. The summed E-state index contributed by atoms with van der Waals surface area (Å²) in [4.78, 5) is 22.7. The lowest BCUT2D eigenvalue weighted by molar-refractivity contribution is 0.0689. The highest BCUT2D eigenvalue weighted by atomic mass is 16.2. The highest BCUT2D eigenvalue weighted by Crippen LogP contribution is 2.31. The first-order valence-corrected chi connectivity index (χ1v) is 14.4. The van der Waals surface area contributed by atoms with Crippen molar-refractivity contribution in [3.05, 3.63) is 83.4 Å². The zero-order valence-electron chi connectivity index (χ0n) is 23.7. The van der Waals surface area contributed by atoms with Crippen molar-refractivity contribution in [3.8, 4) is 0 Å². The average molecular weight is 528 g/mol. The van der Waals surface area contributed by atoms with E-state index in [1.807, 2.05) is 24.3 Å². The van der Waals surface area contributed by atoms with E-state index in [0.29, 0.717) is 24.9 Å². The molecule has 1 aliphatic carbocycles. The van der Waals surface area contributed by atoms with Gasteiger partial charge in [-0.25, -0.2) is 0 Å². The molecule has 4 rings (SSSR count).